The van der Waals surface area contributed by atoms with Crippen LogP contribution in [0.15, 0.2) is 40.1 Å². The van der Waals surface area contributed by atoms with E-state index in [4.69, 9.17) is 4.52 Å². The molecular weight excluding hydrogens is 347 g/mol. The maximum atomic E-state index is 13.8. The minimum Gasteiger partial charge on any atom is -0.313 e. The fourth-order valence-corrected chi connectivity index (χ4v) is 7.93. The molecule has 2 atom stereocenters. The van der Waals surface area contributed by atoms with Gasteiger partial charge < -0.3 is 4.52 Å². The van der Waals surface area contributed by atoms with E-state index in [1.165, 1.54) is 0 Å². The van der Waals surface area contributed by atoms with Gasteiger partial charge in [-0.05, 0) is 23.0 Å². The van der Waals surface area contributed by atoms with Crippen molar-refractivity contribution in [2.24, 2.45) is 10.8 Å². The highest BCUT2D eigenvalue weighted by atomic mass is 79.9. The highest BCUT2D eigenvalue weighted by Gasteiger charge is 2.51. The van der Waals surface area contributed by atoms with E-state index < -0.39 is 7.37 Å². The molecule has 0 N–H and O–H groups in total. The molecule has 1 aliphatic rings. The molecule has 4 heteroatoms. The van der Waals surface area contributed by atoms with Crippen LogP contribution in [0.5, 0.6) is 0 Å². The number of hydrogen-bond acceptors (Lipinski definition) is 2. The van der Waals surface area contributed by atoms with Crippen LogP contribution in [0.25, 0.3) is 0 Å². The fourth-order valence-electron chi connectivity index (χ4n) is 2.66. The van der Waals surface area contributed by atoms with E-state index in [0.29, 0.717) is 0 Å². The van der Waals surface area contributed by atoms with Crippen molar-refractivity contribution in [2.75, 3.05) is 0 Å². The lowest BCUT2D eigenvalue weighted by atomic mass is 9.86. The highest BCUT2D eigenvalue weighted by molar-refractivity contribution is 9.11. The second kappa shape index (κ2) is 5.37. The molecule has 1 heterocycles. The molecule has 1 unspecified atom stereocenters. The first kappa shape index (κ1) is 17.0. The zero-order chi connectivity index (χ0) is 16.1. The summed E-state index contributed by atoms with van der Waals surface area (Å²) in [5, 5.41) is 1.68. The quantitative estimate of drug-likeness (QED) is 0.593. The van der Waals surface area contributed by atoms with Crippen molar-refractivity contribution >= 4 is 28.6 Å². The molecule has 0 fully saturated rings. The first-order valence-corrected chi connectivity index (χ1v) is 9.64. The Labute approximate surface area is 136 Å². The van der Waals surface area contributed by atoms with Gasteiger partial charge in [-0.1, -0.05) is 75.7 Å². The minimum absolute atomic E-state index is 0.115. The molecule has 0 amide bonds. The third-order valence-corrected chi connectivity index (χ3v) is 7.70. The van der Waals surface area contributed by atoms with Gasteiger partial charge in [0.1, 0.15) is 6.10 Å². The van der Waals surface area contributed by atoms with Gasteiger partial charge in [-0.25, -0.2) is 0 Å². The van der Waals surface area contributed by atoms with Crippen molar-refractivity contribution in [3.63, 3.8) is 0 Å². The maximum Gasteiger partial charge on any atom is 0.259 e. The lowest BCUT2D eigenvalue weighted by molar-refractivity contribution is 0.141. The summed E-state index contributed by atoms with van der Waals surface area (Å²) < 4.78 is 20.9. The molecule has 0 aromatic heterocycles. The third kappa shape index (κ3) is 3.06. The Balaban J connectivity index is 2.66. The van der Waals surface area contributed by atoms with E-state index >= 15 is 0 Å². The predicted octanol–water partition coefficient (Wildman–Crippen LogP) is 5.69. The molecule has 0 saturated carbocycles. The average molecular weight is 371 g/mol. The Hall–Kier alpha value is -0.370. The van der Waals surface area contributed by atoms with Crippen LogP contribution >= 0.6 is 23.3 Å². The highest BCUT2D eigenvalue weighted by Crippen LogP contribution is 2.69. The predicted molar refractivity (Wildman–Crippen MR) is 93.4 cm³/mol. The van der Waals surface area contributed by atoms with Crippen molar-refractivity contribution in [3.05, 3.63) is 40.1 Å². The van der Waals surface area contributed by atoms with E-state index in [2.05, 4.69) is 57.5 Å². The number of benzene rings is 1. The van der Waals surface area contributed by atoms with Crippen LogP contribution in [0.4, 0.5) is 0 Å². The van der Waals surface area contributed by atoms with Crippen molar-refractivity contribution in [2.45, 2.75) is 47.6 Å². The van der Waals surface area contributed by atoms with Crippen LogP contribution in [0.3, 0.4) is 0 Å². The second-order valence-electron chi connectivity index (χ2n) is 7.69. The third-order valence-electron chi connectivity index (χ3n) is 3.60. The fraction of sp³-hybridized carbons (Fsp3) is 0.529. The normalized spacial score (nSPS) is 27.3. The van der Waals surface area contributed by atoms with Crippen LogP contribution < -0.4 is 5.30 Å². The van der Waals surface area contributed by atoms with Gasteiger partial charge in [-0.15, -0.1) is 0 Å². The standard InChI is InChI=1S/C17H24BrO2P/c1-16(2,3)14-13(18)15(17(4,5)6)21(19,20-14)12-10-8-7-9-11-12/h7-11,14H,1-6H3/t14-,21?/m1/s1. The zero-order valence-corrected chi connectivity index (χ0v) is 16.1. The molecule has 1 aromatic carbocycles. The lowest BCUT2D eigenvalue weighted by Gasteiger charge is -2.28. The Kier molecular flexibility index (Phi) is 4.34. The average Bonchev–Trinajstić information content (AvgIpc) is 2.63. The van der Waals surface area contributed by atoms with Gasteiger partial charge >= 0.3 is 0 Å². The van der Waals surface area contributed by atoms with E-state index in [9.17, 15) is 4.57 Å². The SMILES string of the molecule is CC(C)(C)C1=C(Br)[C@H](C(C)(C)C)OP1(=O)c1ccccc1. The Morgan fingerprint density at radius 2 is 1.57 bits per heavy atom. The molecule has 0 spiro atoms. The first-order valence-electron chi connectivity index (χ1n) is 7.23. The van der Waals surface area contributed by atoms with Gasteiger partial charge in [-0.2, -0.15) is 0 Å². The number of allylic oxidation sites excluding steroid dienone is 1. The molecule has 2 nitrogen and oxygen atoms in total. The Morgan fingerprint density at radius 3 is 2.00 bits per heavy atom. The lowest BCUT2D eigenvalue weighted by Crippen LogP contribution is -2.26. The van der Waals surface area contributed by atoms with Gasteiger partial charge in [0.25, 0.3) is 7.37 Å². The van der Waals surface area contributed by atoms with E-state index in [1.54, 1.807) is 0 Å². The Bertz CT molecular complexity index is 606. The van der Waals surface area contributed by atoms with Gasteiger partial charge in [0.05, 0.1) is 0 Å². The zero-order valence-electron chi connectivity index (χ0n) is 13.6. The van der Waals surface area contributed by atoms with Crippen molar-refractivity contribution in [3.8, 4) is 0 Å². The van der Waals surface area contributed by atoms with Gasteiger partial charge in [0.15, 0.2) is 0 Å². The topological polar surface area (TPSA) is 26.3 Å². The van der Waals surface area contributed by atoms with Crippen LogP contribution in [0, 0.1) is 10.8 Å². The summed E-state index contributed by atoms with van der Waals surface area (Å²) in [6.45, 7) is 12.6. The van der Waals surface area contributed by atoms with Crippen molar-refractivity contribution in [1.82, 2.24) is 0 Å². The van der Waals surface area contributed by atoms with E-state index in [-0.39, 0.29) is 16.9 Å². The monoisotopic (exact) mass is 370 g/mol. The largest absolute Gasteiger partial charge is 0.313 e. The summed E-state index contributed by atoms with van der Waals surface area (Å²) in [5.74, 6) is 0. The minimum atomic E-state index is -3.03. The summed E-state index contributed by atoms with van der Waals surface area (Å²) in [6.07, 6.45) is -0.183. The summed E-state index contributed by atoms with van der Waals surface area (Å²) >= 11 is 3.70. The van der Waals surface area contributed by atoms with Gasteiger partial charge in [0.2, 0.25) is 0 Å². The molecule has 1 aromatic rings. The van der Waals surface area contributed by atoms with Crippen LogP contribution in [0.2, 0.25) is 0 Å². The van der Waals surface area contributed by atoms with Crippen molar-refractivity contribution in [1.29, 1.82) is 0 Å². The van der Waals surface area contributed by atoms with Gasteiger partial charge in [0, 0.05) is 15.1 Å². The molecule has 0 radical (unpaired) electrons. The number of hydrogen-bond donors (Lipinski definition) is 0. The summed E-state index contributed by atoms with van der Waals surface area (Å²) in [5.41, 5.74) is -0.333. The number of halogens is 1. The summed E-state index contributed by atoms with van der Waals surface area (Å²) in [6, 6.07) is 9.56. The molecule has 1 aliphatic heterocycles. The van der Waals surface area contributed by atoms with Gasteiger partial charge in [-0.3, -0.25) is 4.57 Å². The van der Waals surface area contributed by atoms with Crippen LogP contribution in [-0.2, 0) is 9.09 Å². The summed E-state index contributed by atoms with van der Waals surface area (Å²) in [7, 11) is -3.03. The summed E-state index contributed by atoms with van der Waals surface area (Å²) in [4.78, 5) is 0. The first-order chi connectivity index (χ1) is 9.48. The molecular formula is C17H24BrO2P. The molecule has 2 rings (SSSR count). The van der Waals surface area contributed by atoms with Crippen LogP contribution in [-0.4, -0.2) is 6.10 Å². The molecule has 0 bridgehead atoms. The maximum absolute atomic E-state index is 13.8. The Morgan fingerprint density at radius 1 is 1.05 bits per heavy atom. The number of rotatable bonds is 1. The molecule has 0 saturated heterocycles. The molecule has 21 heavy (non-hydrogen) atoms. The van der Waals surface area contributed by atoms with E-state index in [1.807, 2.05) is 30.3 Å². The molecule has 116 valence electrons. The second-order valence-corrected chi connectivity index (χ2v) is 10.8. The molecule has 0 aliphatic carbocycles. The van der Waals surface area contributed by atoms with E-state index in [0.717, 1.165) is 15.1 Å². The van der Waals surface area contributed by atoms with Crippen molar-refractivity contribution < 1.29 is 9.09 Å². The smallest absolute Gasteiger partial charge is 0.259 e. The van der Waals surface area contributed by atoms with Crippen LogP contribution in [0.1, 0.15) is 41.5 Å².